The van der Waals surface area contributed by atoms with Gasteiger partial charge in [-0.05, 0) is 30.5 Å². The third-order valence-corrected chi connectivity index (χ3v) is 5.97. The Morgan fingerprint density at radius 2 is 2.33 bits per heavy atom. The molecule has 1 atom stereocenters. The van der Waals surface area contributed by atoms with Gasteiger partial charge in [-0.2, -0.15) is 11.8 Å². The van der Waals surface area contributed by atoms with E-state index in [4.69, 9.17) is 0 Å². The summed E-state index contributed by atoms with van der Waals surface area (Å²) < 4.78 is 1.11. The molecule has 0 aromatic heterocycles. The fourth-order valence-corrected chi connectivity index (χ4v) is 4.20. The van der Waals surface area contributed by atoms with Gasteiger partial charge >= 0.3 is 0 Å². The van der Waals surface area contributed by atoms with E-state index < -0.39 is 0 Å². The zero-order valence-electron chi connectivity index (χ0n) is 12.0. The minimum absolute atomic E-state index is 0.175. The first-order valence-corrected chi connectivity index (χ1v) is 9.47. The molecule has 1 saturated carbocycles. The van der Waals surface area contributed by atoms with Crippen molar-refractivity contribution in [3.05, 3.63) is 34.3 Å². The van der Waals surface area contributed by atoms with Gasteiger partial charge < -0.3 is 10.6 Å². The molecule has 2 N–H and O–H groups in total. The second-order valence-corrected chi connectivity index (χ2v) is 8.06. The van der Waals surface area contributed by atoms with Gasteiger partial charge in [-0.15, -0.1) is 0 Å². The van der Waals surface area contributed by atoms with E-state index in [9.17, 15) is 4.79 Å². The second-order valence-electron chi connectivity index (χ2n) is 6.00. The first-order chi connectivity index (χ1) is 10.2. The number of benzene rings is 1. The standard InChI is InChI=1S/C16H21BrN2OS/c17-13-3-1-2-12(8-13)16(4-5-16)11-19-15(20)9-14-10-21-7-6-18-14/h1-3,8,14,18H,4-7,9-11H2,(H,19,20). The average molecular weight is 369 g/mol. The van der Waals surface area contributed by atoms with Crippen LogP contribution in [-0.2, 0) is 10.2 Å². The Labute approximate surface area is 138 Å². The number of halogens is 1. The molecule has 1 aliphatic heterocycles. The largest absolute Gasteiger partial charge is 0.355 e. The Morgan fingerprint density at radius 3 is 3.00 bits per heavy atom. The van der Waals surface area contributed by atoms with Gasteiger partial charge in [-0.25, -0.2) is 0 Å². The van der Waals surface area contributed by atoms with Gasteiger partial charge in [-0.3, -0.25) is 4.79 Å². The van der Waals surface area contributed by atoms with Crippen molar-refractivity contribution in [2.24, 2.45) is 0 Å². The number of rotatable bonds is 5. The van der Waals surface area contributed by atoms with Gasteiger partial charge in [0.1, 0.15) is 0 Å². The van der Waals surface area contributed by atoms with Crippen molar-refractivity contribution in [1.82, 2.24) is 10.6 Å². The summed E-state index contributed by atoms with van der Waals surface area (Å²) in [6.45, 7) is 1.78. The van der Waals surface area contributed by atoms with Crippen LogP contribution in [-0.4, -0.2) is 36.5 Å². The summed E-state index contributed by atoms with van der Waals surface area (Å²) >= 11 is 5.46. The summed E-state index contributed by atoms with van der Waals surface area (Å²) in [5, 5.41) is 6.56. The predicted octanol–water partition coefficient (Wildman–Crippen LogP) is 2.69. The summed E-state index contributed by atoms with van der Waals surface area (Å²) in [5.41, 5.74) is 1.51. The number of amides is 1. The molecule has 1 aromatic carbocycles. The minimum Gasteiger partial charge on any atom is -0.355 e. The van der Waals surface area contributed by atoms with Crippen LogP contribution in [0.3, 0.4) is 0 Å². The topological polar surface area (TPSA) is 41.1 Å². The van der Waals surface area contributed by atoms with Crippen LogP contribution in [0.5, 0.6) is 0 Å². The summed E-state index contributed by atoms with van der Waals surface area (Å²) in [6.07, 6.45) is 2.93. The van der Waals surface area contributed by atoms with Crippen molar-refractivity contribution in [3.63, 3.8) is 0 Å². The normalized spacial score (nSPS) is 23.6. The lowest BCUT2D eigenvalue weighted by Crippen LogP contribution is -2.42. The number of carbonyl (C=O) groups excluding carboxylic acids is 1. The van der Waals surface area contributed by atoms with Crippen LogP contribution in [0.25, 0.3) is 0 Å². The molecule has 0 spiro atoms. The third kappa shape index (κ3) is 4.02. The summed E-state index contributed by atoms with van der Waals surface area (Å²) in [5.74, 6) is 2.38. The predicted molar refractivity (Wildman–Crippen MR) is 91.8 cm³/mol. The first-order valence-electron chi connectivity index (χ1n) is 7.52. The highest BCUT2D eigenvalue weighted by atomic mass is 79.9. The molecule has 114 valence electrons. The molecule has 1 aliphatic carbocycles. The first kappa shape index (κ1) is 15.4. The van der Waals surface area contributed by atoms with E-state index in [1.54, 1.807) is 0 Å². The zero-order valence-corrected chi connectivity index (χ0v) is 14.4. The number of nitrogens with one attached hydrogen (secondary N) is 2. The summed E-state index contributed by atoms with van der Waals surface area (Å²) in [6, 6.07) is 8.81. The molecule has 2 aliphatic rings. The Hall–Kier alpha value is -0.520. The highest BCUT2D eigenvalue weighted by molar-refractivity contribution is 9.10. The fraction of sp³-hybridized carbons (Fsp3) is 0.562. The average Bonchev–Trinajstić information content (AvgIpc) is 3.28. The molecule has 3 rings (SSSR count). The molecule has 2 fully saturated rings. The van der Waals surface area contributed by atoms with E-state index in [2.05, 4.69) is 44.8 Å². The molecule has 21 heavy (non-hydrogen) atoms. The second kappa shape index (κ2) is 6.71. The van der Waals surface area contributed by atoms with E-state index in [1.807, 2.05) is 17.8 Å². The highest BCUT2D eigenvalue weighted by Crippen LogP contribution is 2.48. The molecule has 0 bridgehead atoms. The van der Waals surface area contributed by atoms with Crippen LogP contribution in [0.15, 0.2) is 28.7 Å². The Bertz CT molecular complexity index is 513. The molecular formula is C16H21BrN2OS. The molecule has 1 heterocycles. The van der Waals surface area contributed by atoms with Crippen LogP contribution in [0, 0.1) is 0 Å². The maximum Gasteiger partial charge on any atom is 0.221 e. The van der Waals surface area contributed by atoms with Gasteiger partial charge in [0.15, 0.2) is 0 Å². The molecule has 1 aromatic rings. The fourth-order valence-electron chi connectivity index (χ4n) is 2.85. The maximum absolute atomic E-state index is 12.1. The van der Waals surface area contributed by atoms with E-state index in [0.29, 0.717) is 12.5 Å². The van der Waals surface area contributed by atoms with Gasteiger partial charge in [0.05, 0.1) is 0 Å². The summed E-state index contributed by atoms with van der Waals surface area (Å²) in [7, 11) is 0. The number of hydrogen-bond donors (Lipinski definition) is 2. The van der Waals surface area contributed by atoms with E-state index >= 15 is 0 Å². The number of thioether (sulfide) groups is 1. The lowest BCUT2D eigenvalue weighted by atomic mass is 9.96. The van der Waals surface area contributed by atoms with Gasteiger partial charge in [0, 0.05) is 46.9 Å². The Morgan fingerprint density at radius 1 is 1.48 bits per heavy atom. The smallest absolute Gasteiger partial charge is 0.221 e. The van der Waals surface area contributed by atoms with E-state index in [-0.39, 0.29) is 11.3 Å². The van der Waals surface area contributed by atoms with Crippen LogP contribution in [0.2, 0.25) is 0 Å². The lowest BCUT2D eigenvalue weighted by molar-refractivity contribution is -0.121. The monoisotopic (exact) mass is 368 g/mol. The Balaban J connectivity index is 1.51. The van der Waals surface area contributed by atoms with Crippen LogP contribution in [0.1, 0.15) is 24.8 Å². The van der Waals surface area contributed by atoms with Crippen molar-refractivity contribution in [2.45, 2.75) is 30.7 Å². The van der Waals surface area contributed by atoms with Crippen LogP contribution in [0.4, 0.5) is 0 Å². The molecular weight excluding hydrogens is 348 g/mol. The molecule has 3 nitrogen and oxygen atoms in total. The number of hydrogen-bond acceptors (Lipinski definition) is 3. The van der Waals surface area contributed by atoms with Gasteiger partial charge in [-0.1, -0.05) is 28.1 Å². The van der Waals surface area contributed by atoms with Crippen molar-refractivity contribution in [2.75, 3.05) is 24.6 Å². The molecule has 1 amide bonds. The quantitative estimate of drug-likeness (QED) is 0.839. The maximum atomic E-state index is 12.1. The minimum atomic E-state index is 0.175. The molecule has 1 saturated heterocycles. The molecule has 1 unspecified atom stereocenters. The van der Waals surface area contributed by atoms with E-state index in [0.717, 1.165) is 29.1 Å². The van der Waals surface area contributed by atoms with Crippen LogP contribution >= 0.6 is 27.7 Å². The van der Waals surface area contributed by atoms with E-state index in [1.165, 1.54) is 18.4 Å². The molecule has 0 radical (unpaired) electrons. The van der Waals surface area contributed by atoms with Crippen LogP contribution < -0.4 is 10.6 Å². The van der Waals surface area contributed by atoms with Gasteiger partial charge in [0.2, 0.25) is 5.91 Å². The number of carbonyl (C=O) groups is 1. The molecule has 5 heteroatoms. The van der Waals surface area contributed by atoms with Crippen molar-refractivity contribution < 1.29 is 4.79 Å². The Kier molecular flexibility index (Phi) is 4.92. The van der Waals surface area contributed by atoms with Crippen molar-refractivity contribution in [1.29, 1.82) is 0 Å². The highest BCUT2D eigenvalue weighted by Gasteiger charge is 2.44. The zero-order chi connectivity index (χ0) is 14.7. The van der Waals surface area contributed by atoms with Crippen molar-refractivity contribution in [3.8, 4) is 0 Å². The van der Waals surface area contributed by atoms with Crippen molar-refractivity contribution >= 4 is 33.6 Å². The third-order valence-electron chi connectivity index (χ3n) is 4.34. The van der Waals surface area contributed by atoms with Gasteiger partial charge in [0.25, 0.3) is 0 Å². The lowest BCUT2D eigenvalue weighted by Gasteiger charge is -2.23. The summed E-state index contributed by atoms with van der Waals surface area (Å²) in [4.78, 5) is 12.1. The SMILES string of the molecule is O=C(CC1CSCCN1)NCC1(c2cccc(Br)c2)CC1.